The molecule has 0 aromatic carbocycles. The number of hydrogen-bond donors (Lipinski definition) is 2. The molecule has 0 spiro atoms. The number of aromatic amines is 1. The molecule has 6 atom stereocenters. The van der Waals surface area contributed by atoms with Crippen molar-refractivity contribution in [2.45, 2.75) is 24.4 Å². The van der Waals surface area contributed by atoms with Gasteiger partial charge < -0.3 is 47.8 Å². The number of aryl methyl sites for hydroxylation is 1. The summed E-state index contributed by atoms with van der Waals surface area (Å²) >= 11 is 0. The minimum absolute atomic E-state index is 0. The summed E-state index contributed by atoms with van der Waals surface area (Å²) in [6.07, 6.45) is -4.55. The maximum Gasteiger partial charge on any atom is 1.00 e. The van der Waals surface area contributed by atoms with Gasteiger partial charge >= 0.3 is 81.1 Å². The fraction of sp³-hybridized carbons (Fsp3) is 0.636. The number of H-pyrrole nitrogens is 1. The van der Waals surface area contributed by atoms with E-state index in [9.17, 15) is 48.0 Å². The second-order valence-electron chi connectivity index (χ2n) is 6.04. The minimum atomic E-state index is -6.15. The van der Waals surface area contributed by atoms with Gasteiger partial charge in [-0.05, 0) is 0 Å². The molecule has 1 aromatic heterocycles. The average Bonchev–Trinajstić information content (AvgIpc) is 2.88. The van der Waals surface area contributed by atoms with Gasteiger partial charge in [0.15, 0.2) is 0 Å². The first-order valence-electron chi connectivity index (χ1n) is 7.93. The maximum atomic E-state index is 12.1. The van der Waals surface area contributed by atoms with Gasteiger partial charge in [0, 0.05) is 20.4 Å². The van der Waals surface area contributed by atoms with E-state index in [0.717, 1.165) is 17.9 Å². The molecular formula is C11H15Li4N2O15P3. The van der Waals surface area contributed by atoms with Gasteiger partial charge in [-0.3, -0.25) is 23.2 Å². The zero-order valence-corrected chi connectivity index (χ0v) is 22.2. The van der Waals surface area contributed by atoms with E-state index in [4.69, 9.17) is 9.47 Å². The van der Waals surface area contributed by atoms with Crippen molar-refractivity contribution in [1.82, 2.24) is 9.55 Å². The van der Waals surface area contributed by atoms with Gasteiger partial charge in [0.1, 0.15) is 24.4 Å². The predicted molar refractivity (Wildman–Crippen MR) is 87.7 cm³/mol. The molecule has 0 aliphatic carbocycles. The number of nitrogens with one attached hydrogen (secondary N) is 1. The molecular weight excluding hydrogens is 521 g/mol. The molecule has 0 radical (unpaired) electrons. The smallest absolute Gasteiger partial charge is 0.790 e. The number of aliphatic hydroxyl groups excluding tert-OH is 1. The van der Waals surface area contributed by atoms with Gasteiger partial charge in [-0.2, -0.15) is 0 Å². The fourth-order valence-corrected chi connectivity index (χ4v) is 5.49. The first kappa shape index (κ1) is 40.9. The Labute approximate surface area is 245 Å². The average molecular weight is 536 g/mol. The second kappa shape index (κ2) is 15.8. The standard InChI is InChI=1S/C11H19N2O15P3.4Li/c1-13-3-5(10(15)12-11(13)16)8-9(24-2)7(14)6(26-8)4-25-30(20,21)28-31(22,23)27-29(17,18)19;;;;/h3,6-9,14H,4H2,1-2H3,(H,20,21)(H,22,23)(H,12,15,16)(H2,17,18,19);;;;/q;4*+1/p-4. The van der Waals surface area contributed by atoms with Crippen LogP contribution < -0.4 is 106 Å². The summed E-state index contributed by atoms with van der Waals surface area (Å²) in [6, 6.07) is 0. The summed E-state index contributed by atoms with van der Waals surface area (Å²) < 4.78 is 55.1. The maximum absolute atomic E-state index is 12.1. The fourth-order valence-electron chi connectivity index (χ4n) is 2.62. The summed E-state index contributed by atoms with van der Waals surface area (Å²) in [5.41, 5.74) is -1.77. The van der Waals surface area contributed by atoms with Crippen molar-refractivity contribution in [3.8, 4) is 0 Å². The molecule has 0 amide bonds. The Bertz CT molecular complexity index is 1080. The van der Waals surface area contributed by atoms with Crippen LogP contribution in [-0.4, -0.2) is 46.7 Å². The van der Waals surface area contributed by atoms with Gasteiger partial charge in [-0.1, -0.05) is 0 Å². The first-order valence-corrected chi connectivity index (χ1v) is 12.3. The van der Waals surface area contributed by atoms with Crippen molar-refractivity contribution in [3.63, 3.8) is 0 Å². The molecule has 2 N–H and O–H groups in total. The second-order valence-corrected chi connectivity index (χ2v) is 10.3. The van der Waals surface area contributed by atoms with E-state index >= 15 is 0 Å². The van der Waals surface area contributed by atoms with Crippen LogP contribution in [0.25, 0.3) is 0 Å². The number of phosphoric acid groups is 3. The third kappa shape index (κ3) is 12.0. The van der Waals surface area contributed by atoms with Crippen LogP contribution in [0.3, 0.4) is 0 Å². The van der Waals surface area contributed by atoms with E-state index in [1.54, 1.807) is 0 Å². The third-order valence-corrected chi connectivity index (χ3v) is 7.51. The van der Waals surface area contributed by atoms with Crippen molar-refractivity contribution in [3.05, 3.63) is 32.6 Å². The minimum Gasteiger partial charge on any atom is -0.790 e. The van der Waals surface area contributed by atoms with E-state index < -0.39 is 65.7 Å². The Hall–Kier alpha value is 1.36. The number of aromatic nitrogens is 2. The van der Waals surface area contributed by atoms with Gasteiger partial charge in [0.25, 0.3) is 21.2 Å². The van der Waals surface area contributed by atoms with E-state index in [0.29, 0.717) is 0 Å². The molecule has 1 saturated heterocycles. The number of aliphatic hydroxyl groups is 1. The molecule has 2 heterocycles. The largest absolute Gasteiger partial charge is 1.00 e. The Morgan fingerprint density at radius 2 is 1.60 bits per heavy atom. The molecule has 0 saturated carbocycles. The van der Waals surface area contributed by atoms with E-state index in [1.165, 1.54) is 7.05 Å². The summed E-state index contributed by atoms with van der Waals surface area (Å²) in [5.74, 6) is 0. The SMILES string of the molecule is COC1C(c2cn(C)c(=O)[nH]c2=O)OC(COP(=O)([O-])OP(=O)([O-])OP(=O)([O-])[O-])C1O.[Li+].[Li+].[Li+].[Li+]. The summed E-state index contributed by atoms with van der Waals surface area (Å²) in [6.45, 7) is -1.08. The van der Waals surface area contributed by atoms with Crippen LogP contribution in [0.4, 0.5) is 0 Å². The predicted octanol–water partition coefficient (Wildman–Crippen LogP) is -16.3. The van der Waals surface area contributed by atoms with Gasteiger partial charge in [-0.15, -0.1) is 0 Å². The number of ether oxygens (including phenoxy) is 2. The van der Waals surface area contributed by atoms with Crippen molar-refractivity contribution in [1.29, 1.82) is 0 Å². The van der Waals surface area contributed by atoms with Crippen LogP contribution in [0.1, 0.15) is 11.7 Å². The van der Waals surface area contributed by atoms with Crippen LogP contribution in [-0.2, 0) is 43.4 Å². The Morgan fingerprint density at radius 3 is 2.09 bits per heavy atom. The molecule has 17 nitrogen and oxygen atoms in total. The molecule has 0 bridgehead atoms. The van der Waals surface area contributed by atoms with Gasteiger partial charge in [0.2, 0.25) is 0 Å². The van der Waals surface area contributed by atoms with E-state index in [-0.39, 0.29) is 81.0 Å². The molecule has 1 aliphatic heterocycles. The molecule has 178 valence electrons. The van der Waals surface area contributed by atoms with Crippen LogP contribution >= 0.6 is 23.5 Å². The summed E-state index contributed by atoms with van der Waals surface area (Å²) in [5, 5.41) is 10.3. The van der Waals surface area contributed by atoms with Gasteiger partial charge in [0.05, 0.1) is 20.0 Å². The number of methoxy groups -OCH3 is 1. The van der Waals surface area contributed by atoms with Crippen LogP contribution in [0.5, 0.6) is 0 Å². The molecule has 1 aliphatic rings. The molecule has 1 fully saturated rings. The van der Waals surface area contributed by atoms with Crippen LogP contribution in [0.2, 0.25) is 0 Å². The van der Waals surface area contributed by atoms with Crippen molar-refractivity contribution < 1.29 is 136 Å². The number of rotatable bonds is 9. The Balaban J connectivity index is -0.00000256. The normalized spacial score (nSPS) is 25.0. The zero-order chi connectivity index (χ0) is 23.8. The van der Waals surface area contributed by atoms with Crippen LogP contribution in [0, 0.1) is 0 Å². The number of phosphoric ester groups is 1. The van der Waals surface area contributed by atoms with Crippen LogP contribution in [0.15, 0.2) is 15.8 Å². The Morgan fingerprint density at radius 1 is 1.06 bits per heavy atom. The van der Waals surface area contributed by atoms with Gasteiger partial charge in [-0.25, -0.2) is 9.11 Å². The molecule has 6 unspecified atom stereocenters. The molecule has 35 heavy (non-hydrogen) atoms. The first-order chi connectivity index (χ1) is 14.1. The summed E-state index contributed by atoms with van der Waals surface area (Å²) in [7, 11) is -15.7. The van der Waals surface area contributed by atoms with E-state index in [2.05, 4.69) is 13.1 Å². The van der Waals surface area contributed by atoms with Crippen molar-refractivity contribution in [2.75, 3.05) is 13.7 Å². The van der Waals surface area contributed by atoms with E-state index in [1.807, 2.05) is 4.98 Å². The molecule has 2 rings (SSSR count). The topological polar surface area (TPSA) is 265 Å². The number of hydrogen-bond acceptors (Lipinski definition) is 15. The molecule has 24 heteroatoms. The van der Waals surface area contributed by atoms with Crippen molar-refractivity contribution >= 4 is 23.5 Å². The number of nitrogens with zero attached hydrogens (tertiary/aromatic N) is 1. The third-order valence-electron chi connectivity index (χ3n) is 3.85. The Kier molecular flexibility index (Phi) is 18.5. The quantitative estimate of drug-likeness (QED) is 0.219. The molecule has 1 aromatic rings. The van der Waals surface area contributed by atoms with Crippen molar-refractivity contribution in [2.24, 2.45) is 7.05 Å². The zero-order valence-electron chi connectivity index (χ0n) is 19.5. The monoisotopic (exact) mass is 536 g/mol. The summed E-state index contributed by atoms with van der Waals surface area (Å²) in [4.78, 5) is 68.9.